The Morgan fingerprint density at radius 2 is 2.00 bits per heavy atom. The van der Waals surface area contributed by atoms with Crippen molar-refractivity contribution in [3.05, 3.63) is 0 Å². The van der Waals surface area contributed by atoms with Gasteiger partial charge in [-0.1, -0.05) is 26.7 Å². The van der Waals surface area contributed by atoms with Crippen molar-refractivity contribution >= 4 is 5.78 Å². The molecule has 0 fully saturated rings. The standard InChI is InChI=1S/C10H20O2/c1-3-5-7-10(12)8-9(11)6-4-2/h10,12H,3-8H2,1-2H3. The van der Waals surface area contributed by atoms with Crippen LogP contribution in [0.15, 0.2) is 0 Å². The van der Waals surface area contributed by atoms with Crippen LogP contribution in [0, 0.1) is 0 Å². The molecule has 0 aromatic carbocycles. The summed E-state index contributed by atoms with van der Waals surface area (Å²) in [7, 11) is 0. The second kappa shape index (κ2) is 7.29. The third-order valence-corrected chi connectivity index (χ3v) is 1.88. The molecule has 0 rings (SSSR count). The molecular weight excluding hydrogens is 152 g/mol. The molecule has 2 nitrogen and oxygen atoms in total. The quantitative estimate of drug-likeness (QED) is 0.639. The number of carbonyl (C=O) groups excluding carboxylic acids is 1. The van der Waals surface area contributed by atoms with Crippen LogP contribution in [0.2, 0.25) is 0 Å². The molecule has 0 amide bonds. The van der Waals surface area contributed by atoms with Gasteiger partial charge in [0.15, 0.2) is 0 Å². The number of hydrogen-bond donors (Lipinski definition) is 1. The monoisotopic (exact) mass is 172 g/mol. The van der Waals surface area contributed by atoms with Gasteiger partial charge in [-0.25, -0.2) is 0 Å². The van der Waals surface area contributed by atoms with Crippen LogP contribution in [0.3, 0.4) is 0 Å². The molecular formula is C10H20O2. The summed E-state index contributed by atoms with van der Waals surface area (Å²) in [5.74, 6) is 0.195. The summed E-state index contributed by atoms with van der Waals surface area (Å²) in [5, 5.41) is 9.36. The summed E-state index contributed by atoms with van der Waals surface area (Å²) in [6.07, 6.45) is 4.33. The third-order valence-electron chi connectivity index (χ3n) is 1.88. The highest BCUT2D eigenvalue weighted by Gasteiger charge is 2.08. The number of hydrogen-bond acceptors (Lipinski definition) is 2. The average molecular weight is 172 g/mol. The predicted molar refractivity (Wildman–Crippen MR) is 50.1 cm³/mol. The van der Waals surface area contributed by atoms with Crippen LogP contribution in [-0.4, -0.2) is 17.0 Å². The SMILES string of the molecule is CCCCC(O)CC(=O)CCC. The van der Waals surface area contributed by atoms with E-state index in [0.717, 1.165) is 25.7 Å². The fourth-order valence-electron chi connectivity index (χ4n) is 1.19. The number of aliphatic hydroxyl groups excluding tert-OH is 1. The zero-order valence-corrected chi connectivity index (χ0v) is 8.18. The molecule has 0 aliphatic carbocycles. The Balaban J connectivity index is 3.40. The molecule has 0 spiro atoms. The van der Waals surface area contributed by atoms with E-state index in [2.05, 4.69) is 6.92 Å². The Morgan fingerprint density at radius 3 is 2.50 bits per heavy atom. The average Bonchev–Trinajstić information content (AvgIpc) is 2.01. The highest BCUT2D eigenvalue weighted by atomic mass is 16.3. The molecule has 1 atom stereocenters. The van der Waals surface area contributed by atoms with Crippen molar-refractivity contribution in [3.63, 3.8) is 0 Å². The van der Waals surface area contributed by atoms with Crippen LogP contribution in [0.5, 0.6) is 0 Å². The largest absolute Gasteiger partial charge is 0.393 e. The van der Waals surface area contributed by atoms with Crippen LogP contribution in [0.25, 0.3) is 0 Å². The smallest absolute Gasteiger partial charge is 0.135 e. The molecule has 0 aliphatic rings. The molecule has 1 N–H and O–H groups in total. The Labute approximate surface area is 75.0 Å². The number of carbonyl (C=O) groups is 1. The third kappa shape index (κ3) is 6.35. The van der Waals surface area contributed by atoms with Gasteiger partial charge in [0, 0.05) is 12.8 Å². The summed E-state index contributed by atoms with van der Waals surface area (Å²) < 4.78 is 0. The Hall–Kier alpha value is -0.370. The van der Waals surface area contributed by atoms with Gasteiger partial charge in [0.05, 0.1) is 6.10 Å². The molecule has 0 saturated heterocycles. The molecule has 0 aromatic rings. The van der Waals surface area contributed by atoms with Crippen molar-refractivity contribution in [3.8, 4) is 0 Å². The number of Topliss-reactive ketones (excluding diaryl/α,β-unsaturated/α-hetero) is 1. The minimum atomic E-state index is -0.399. The Kier molecular flexibility index (Phi) is 7.06. The van der Waals surface area contributed by atoms with E-state index in [0.29, 0.717) is 12.8 Å². The number of ketones is 1. The number of rotatable bonds is 7. The second-order valence-electron chi connectivity index (χ2n) is 3.29. The zero-order valence-electron chi connectivity index (χ0n) is 8.18. The van der Waals surface area contributed by atoms with E-state index in [9.17, 15) is 9.90 Å². The van der Waals surface area contributed by atoms with Gasteiger partial charge >= 0.3 is 0 Å². The fourth-order valence-corrected chi connectivity index (χ4v) is 1.19. The minimum Gasteiger partial charge on any atom is -0.393 e. The lowest BCUT2D eigenvalue weighted by molar-refractivity contribution is -0.121. The molecule has 2 heteroatoms. The summed E-state index contributed by atoms with van der Waals surface area (Å²) in [6.45, 7) is 4.07. The zero-order chi connectivity index (χ0) is 9.40. The van der Waals surface area contributed by atoms with E-state index in [4.69, 9.17) is 0 Å². The van der Waals surface area contributed by atoms with E-state index in [1.54, 1.807) is 0 Å². The molecule has 0 aromatic heterocycles. The van der Waals surface area contributed by atoms with Crippen molar-refractivity contribution in [1.82, 2.24) is 0 Å². The number of unbranched alkanes of at least 4 members (excludes halogenated alkanes) is 1. The van der Waals surface area contributed by atoms with E-state index in [1.165, 1.54) is 0 Å². The van der Waals surface area contributed by atoms with Gasteiger partial charge in [-0.05, 0) is 12.8 Å². The van der Waals surface area contributed by atoms with Crippen molar-refractivity contribution in [1.29, 1.82) is 0 Å². The van der Waals surface area contributed by atoms with Gasteiger partial charge in [0.1, 0.15) is 5.78 Å². The molecule has 1 unspecified atom stereocenters. The summed E-state index contributed by atoms with van der Waals surface area (Å²) >= 11 is 0. The maximum atomic E-state index is 11.1. The van der Waals surface area contributed by atoms with Gasteiger partial charge in [-0.3, -0.25) is 4.79 Å². The molecule has 72 valence electrons. The highest BCUT2D eigenvalue weighted by molar-refractivity contribution is 5.78. The van der Waals surface area contributed by atoms with Gasteiger partial charge in [0.25, 0.3) is 0 Å². The Bertz CT molecular complexity index is 121. The summed E-state index contributed by atoms with van der Waals surface area (Å²) in [5.41, 5.74) is 0. The molecule has 0 radical (unpaired) electrons. The first kappa shape index (κ1) is 11.6. The fraction of sp³-hybridized carbons (Fsp3) is 0.900. The first-order valence-electron chi connectivity index (χ1n) is 4.90. The first-order valence-corrected chi connectivity index (χ1v) is 4.90. The maximum absolute atomic E-state index is 11.1. The predicted octanol–water partition coefficient (Wildman–Crippen LogP) is 2.30. The molecule has 0 heterocycles. The molecule has 12 heavy (non-hydrogen) atoms. The van der Waals surface area contributed by atoms with E-state index < -0.39 is 6.10 Å². The lowest BCUT2D eigenvalue weighted by Gasteiger charge is -2.07. The lowest BCUT2D eigenvalue weighted by Crippen LogP contribution is -2.12. The molecule has 0 saturated carbocycles. The van der Waals surface area contributed by atoms with Crippen LogP contribution >= 0.6 is 0 Å². The lowest BCUT2D eigenvalue weighted by atomic mass is 10.0. The van der Waals surface area contributed by atoms with E-state index >= 15 is 0 Å². The summed E-state index contributed by atoms with van der Waals surface area (Å²) in [4.78, 5) is 11.1. The van der Waals surface area contributed by atoms with Crippen LogP contribution in [0.1, 0.15) is 52.4 Å². The maximum Gasteiger partial charge on any atom is 0.135 e. The van der Waals surface area contributed by atoms with Crippen molar-refractivity contribution < 1.29 is 9.90 Å². The van der Waals surface area contributed by atoms with Crippen LogP contribution in [-0.2, 0) is 4.79 Å². The Morgan fingerprint density at radius 1 is 1.33 bits per heavy atom. The van der Waals surface area contributed by atoms with Gasteiger partial charge in [-0.15, -0.1) is 0 Å². The molecule has 0 bridgehead atoms. The molecule has 0 aliphatic heterocycles. The minimum absolute atomic E-state index is 0.195. The van der Waals surface area contributed by atoms with Crippen LogP contribution in [0.4, 0.5) is 0 Å². The van der Waals surface area contributed by atoms with Gasteiger partial charge < -0.3 is 5.11 Å². The van der Waals surface area contributed by atoms with Gasteiger partial charge in [-0.2, -0.15) is 0 Å². The number of aliphatic hydroxyl groups is 1. The van der Waals surface area contributed by atoms with E-state index in [1.807, 2.05) is 6.92 Å². The van der Waals surface area contributed by atoms with Crippen molar-refractivity contribution in [2.24, 2.45) is 0 Å². The van der Waals surface area contributed by atoms with Crippen molar-refractivity contribution in [2.75, 3.05) is 0 Å². The summed E-state index contributed by atoms with van der Waals surface area (Å²) in [6, 6.07) is 0. The normalized spacial score (nSPS) is 12.9. The topological polar surface area (TPSA) is 37.3 Å². The van der Waals surface area contributed by atoms with Gasteiger partial charge in [0.2, 0.25) is 0 Å². The van der Waals surface area contributed by atoms with Crippen molar-refractivity contribution in [2.45, 2.75) is 58.5 Å². The van der Waals surface area contributed by atoms with E-state index in [-0.39, 0.29) is 5.78 Å². The first-order chi connectivity index (χ1) is 5.70. The van der Waals surface area contributed by atoms with Crippen LogP contribution < -0.4 is 0 Å². The highest BCUT2D eigenvalue weighted by Crippen LogP contribution is 2.06. The second-order valence-corrected chi connectivity index (χ2v) is 3.29.